The lowest BCUT2D eigenvalue weighted by molar-refractivity contribution is 0.590. The fourth-order valence-corrected chi connectivity index (χ4v) is 5.59. The third kappa shape index (κ3) is 2.63. The first-order valence-corrected chi connectivity index (χ1v) is 10.6. The number of aryl methyl sites for hydroxylation is 1. The van der Waals surface area contributed by atoms with Gasteiger partial charge in [-0.1, -0.05) is 45.8 Å². The van der Waals surface area contributed by atoms with E-state index in [1.54, 1.807) is 12.1 Å². The Morgan fingerprint density at radius 1 is 0.880 bits per heavy atom. The van der Waals surface area contributed by atoms with E-state index in [-0.39, 0.29) is 4.90 Å². The molecular weight excluding hydrogens is 466 g/mol. The molecule has 0 aliphatic rings. The predicted octanol–water partition coefficient (Wildman–Crippen LogP) is 5.86. The van der Waals surface area contributed by atoms with E-state index in [2.05, 4.69) is 31.9 Å². The van der Waals surface area contributed by atoms with Gasteiger partial charge in [-0.3, -0.25) is 0 Å². The molecule has 0 aliphatic carbocycles. The molecule has 25 heavy (non-hydrogen) atoms. The average molecular weight is 479 g/mol. The third-order valence-electron chi connectivity index (χ3n) is 4.22. The van der Waals surface area contributed by atoms with Crippen LogP contribution in [-0.2, 0) is 10.0 Å². The molecule has 1 heterocycles. The van der Waals surface area contributed by atoms with Crippen LogP contribution in [0.2, 0.25) is 0 Å². The van der Waals surface area contributed by atoms with Crippen LogP contribution in [-0.4, -0.2) is 12.4 Å². The van der Waals surface area contributed by atoms with Crippen LogP contribution < -0.4 is 0 Å². The van der Waals surface area contributed by atoms with Crippen molar-refractivity contribution in [2.75, 3.05) is 0 Å². The van der Waals surface area contributed by atoms with Crippen molar-refractivity contribution in [2.24, 2.45) is 0 Å². The Morgan fingerprint density at radius 2 is 1.60 bits per heavy atom. The van der Waals surface area contributed by atoms with Gasteiger partial charge in [0.1, 0.15) is 0 Å². The Morgan fingerprint density at radius 3 is 2.32 bits per heavy atom. The molecule has 0 saturated carbocycles. The fourth-order valence-electron chi connectivity index (χ4n) is 3.03. The molecule has 0 atom stereocenters. The summed E-state index contributed by atoms with van der Waals surface area (Å²) in [5.41, 5.74) is 2.33. The first-order valence-electron chi connectivity index (χ1n) is 7.60. The second-order valence-electron chi connectivity index (χ2n) is 5.88. The predicted molar refractivity (Wildman–Crippen MR) is 109 cm³/mol. The largest absolute Gasteiger partial charge is 0.268 e. The summed E-state index contributed by atoms with van der Waals surface area (Å²) < 4.78 is 29.9. The maximum atomic E-state index is 13.4. The van der Waals surface area contributed by atoms with Gasteiger partial charge in [0.25, 0.3) is 10.0 Å². The van der Waals surface area contributed by atoms with Gasteiger partial charge in [0.2, 0.25) is 0 Å². The molecule has 0 radical (unpaired) electrons. The monoisotopic (exact) mass is 477 g/mol. The molecule has 0 aliphatic heterocycles. The van der Waals surface area contributed by atoms with E-state index < -0.39 is 10.0 Å². The van der Waals surface area contributed by atoms with Crippen LogP contribution in [0.15, 0.2) is 74.5 Å². The number of aromatic nitrogens is 1. The van der Waals surface area contributed by atoms with Crippen LogP contribution in [0.1, 0.15) is 5.56 Å². The Balaban J connectivity index is 2.18. The Kier molecular flexibility index (Phi) is 4.02. The van der Waals surface area contributed by atoms with Crippen molar-refractivity contribution >= 4 is 63.7 Å². The summed E-state index contributed by atoms with van der Waals surface area (Å²) in [5, 5.41) is 1.78. The smallest absolute Gasteiger partial charge is 0.232 e. The number of para-hydroxylation sites is 1. The van der Waals surface area contributed by atoms with Crippen LogP contribution in [0, 0.1) is 6.92 Å². The van der Waals surface area contributed by atoms with Gasteiger partial charge < -0.3 is 0 Å². The maximum Gasteiger partial charge on any atom is 0.268 e. The molecular formula is C19H13Br2NO2S. The molecule has 1 aromatic heterocycles. The quantitative estimate of drug-likeness (QED) is 0.361. The molecule has 0 saturated heterocycles. The number of fused-ring (bicyclic) bond motifs is 3. The summed E-state index contributed by atoms with van der Waals surface area (Å²) in [7, 11) is -3.73. The minimum absolute atomic E-state index is 0.274. The first-order chi connectivity index (χ1) is 11.9. The summed E-state index contributed by atoms with van der Waals surface area (Å²) in [6, 6.07) is 18.3. The van der Waals surface area contributed by atoms with Crippen molar-refractivity contribution in [3.05, 3.63) is 75.2 Å². The van der Waals surface area contributed by atoms with Crippen LogP contribution in [0.4, 0.5) is 0 Å². The van der Waals surface area contributed by atoms with Crippen molar-refractivity contribution in [2.45, 2.75) is 11.8 Å². The van der Waals surface area contributed by atoms with E-state index in [0.29, 0.717) is 11.0 Å². The molecule has 4 rings (SSSR count). The molecule has 6 heteroatoms. The Bertz CT molecular complexity index is 1230. The highest BCUT2D eigenvalue weighted by Crippen LogP contribution is 2.37. The van der Waals surface area contributed by atoms with Gasteiger partial charge in [-0.25, -0.2) is 12.4 Å². The van der Waals surface area contributed by atoms with E-state index >= 15 is 0 Å². The number of hydrogen-bond acceptors (Lipinski definition) is 2. The zero-order valence-electron chi connectivity index (χ0n) is 13.2. The average Bonchev–Trinajstić information content (AvgIpc) is 2.91. The summed E-state index contributed by atoms with van der Waals surface area (Å²) in [6.07, 6.45) is 0. The lowest BCUT2D eigenvalue weighted by Crippen LogP contribution is -2.13. The van der Waals surface area contributed by atoms with Crippen LogP contribution in [0.3, 0.4) is 0 Å². The van der Waals surface area contributed by atoms with Crippen molar-refractivity contribution in [3.8, 4) is 0 Å². The normalized spacial score (nSPS) is 12.1. The van der Waals surface area contributed by atoms with E-state index in [1.807, 2.05) is 55.5 Å². The molecule has 0 amide bonds. The minimum Gasteiger partial charge on any atom is -0.232 e. The van der Waals surface area contributed by atoms with Crippen LogP contribution in [0.25, 0.3) is 21.8 Å². The number of halogens is 2. The number of hydrogen-bond donors (Lipinski definition) is 0. The SMILES string of the molecule is Cc1ccc(S(=O)(=O)n2c3ccc(Br)cc3c3cccc(Br)c32)cc1. The zero-order chi connectivity index (χ0) is 17.8. The van der Waals surface area contributed by atoms with Crippen molar-refractivity contribution in [3.63, 3.8) is 0 Å². The summed E-state index contributed by atoms with van der Waals surface area (Å²) in [5.74, 6) is 0. The number of rotatable bonds is 2. The first kappa shape index (κ1) is 16.8. The summed E-state index contributed by atoms with van der Waals surface area (Å²) in [6.45, 7) is 1.94. The van der Waals surface area contributed by atoms with Crippen molar-refractivity contribution in [1.29, 1.82) is 0 Å². The maximum absolute atomic E-state index is 13.4. The van der Waals surface area contributed by atoms with Gasteiger partial charge >= 0.3 is 0 Å². The van der Waals surface area contributed by atoms with Gasteiger partial charge in [-0.15, -0.1) is 0 Å². The van der Waals surface area contributed by atoms with E-state index in [9.17, 15) is 8.42 Å². The molecule has 0 fully saturated rings. The van der Waals surface area contributed by atoms with Gasteiger partial charge in [-0.05, 0) is 59.3 Å². The third-order valence-corrected chi connectivity index (χ3v) is 7.08. The second-order valence-corrected chi connectivity index (χ2v) is 9.44. The van der Waals surface area contributed by atoms with Gasteiger partial charge in [0.15, 0.2) is 0 Å². The zero-order valence-corrected chi connectivity index (χ0v) is 17.2. The van der Waals surface area contributed by atoms with Crippen LogP contribution >= 0.6 is 31.9 Å². The van der Waals surface area contributed by atoms with Gasteiger partial charge in [0.05, 0.1) is 15.9 Å². The van der Waals surface area contributed by atoms with E-state index in [1.165, 1.54) is 3.97 Å². The van der Waals surface area contributed by atoms with Crippen molar-refractivity contribution in [1.82, 2.24) is 3.97 Å². The Labute approximate surface area is 162 Å². The van der Waals surface area contributed by atoms with Gasteiger partial charge in [-0.2, -0.15) is 0 Å². The molecule has 0 unspecified atom stereocenters. The number of benzene rings is 3. The number of nitrogens with zero attached hydrogens (tertiary/aromatic N) is 1. The van der Waals surface area contributed by atoms with Crippen molar-refractivity contribution < 1.29 is 8.42 Å². The molecule has 3 nitrogen and oxygen atoms in total. The standard InChI is InChI=1S/C19H13Br2NO2S/c1-12-5-8-14(9-6-12)25(23,24)22-18-10-7-13(20)11-16(18)15-3-2-4-17(21)19(15)22/h2-11H,1H3. The topological polar surface area (TPSA) is 39.1 Å². The van der Waals surface area contributed by atoms with E-state index in [4.69, 9.17) is 0 Å². The lowest BCUT2D eigenvalue weighted by atomic mass is 10.2. The molecule has 0 spiro atoms. The van der Waals surface area contributed by atoms with E-state index in [0.717, 1.165) is 25.3 Å². The summed E-state index contributed by atoms with van der Waals surface area (Å²) >= 11 is 7.00. The highest BCUT2D eigenvalue weighted by molar-refractivity contribution is 9.11. The van der Waals surface area contributed by atoms with Crippen LogP contribution in [0.5, 0.6) is 0 Å². The Hall–Kier alpha value is -1.63. The molecule has 0 N–H and O–H groups in total. The summed E-state index contributed by atoms with van der Waals surface area (Å²) in [4.78, 5) is 0.274. The molecule has 3 aromatic carbocycles. The highest BCUT2D eigenvalue weighted by Gasteiger charge is 2.24. The highest BCUT2D eigenvalue weighted by atomic mass is 79.9. The molecule has 0 bridgehead atoms. The second kappa shape index (κ2) is 5.97. The fraction of sp³-hybridized carbons (Fsp3) is 0.0526. The lowest BCUT2D eigenvalue weighted by Gasteiger charge is -2.10. The molecule has 4 aromatic rings. The van der Waals surface area contributed by atoms with Gasteiger partial charge in [0, 0.05) is 19.7 Å². The minimum atomic E-state index is -3.73. The molecule has 126 valence electrons.